The van der Waals surface area contributed by atoms with Crippen LogP contribution < -0.4 is 0 Å². The molecule has 134 valence electrons. The fraction of sp³-hybridized carbons (Fsp3) is 0.450. The van der Waals surface area contributed by atoms with Crippen molar-refractivity contribution in [3.63, 3.8) is 0 Å². The maximum Gasteiger partial charge on any atom is 0.270 e. The van der Waals surface area contributed by atoms with E-state index in [4.69, 9.17) is 4.74 Å². The van der Waals surface area contributed by atoms with E-state index in [-0.39, 0.29) is 5.91 Å². The smallest absolute Gasteiger partial charge is 0.270 e. The molecule has 1 fully saturated rings. The van der Waals surface area contributed by atoms with Crippen molar-refractivity contribution < 1.29 is 14.6 Å². The van der Waals surface area contributed by atoms with Gasteiger partial charge in [-0.2, -0.15) is 0 Å². The number of H-pyrrole nitrogens is 1. The van der Waals surface area contributed by atoms with Gasteiger partial charge < -0.3 is 19.7 Å². The van der Waals surface area contributed by atoms with E-state index >= 15 is 0 Å². The lowest BCUT2D eigenvalue weighted by Crippen LogP contribution is -2.48. The van der Waals surface area contributed by atoms with Crippen LogP contribution in [0.3, 0.4) is 0 Å². The molecular formula is C20H26N2O3. The summed E-state index contributed by atoms with van der Waals surface area (Å²) in [7, 11) is 0. The molecule has 0 saturated carbocycles. The van der Waals surface area contributed by atoms with Gasteiger partial charge in [0.2, 0.25) is 0 Å². The number of aryl methyl sites for hydroxylation is 2. The summed E-state index contributed by atoms with van der Waals surface area (Å²) in [4.78, 5) is 18.1. The molecular weight excluding hydrogens is 316 g/mol. The summed E-state index contributed by atoms with van der Waals surface area (Å²) < 4.78 is 5.36. The summed E-state index contributed by atoms with van der Waals surface area (Å²) in [6, 6.07) is 11.9. The Bertz CT molecular complexity index is 718. The maximum atomic E-state index is 13.2. The first-order chi connectivity index (χ1) is 12.0. The predicted octanol–water partition coefficient (Wildman–Crippen LogP) is 2.82. The Hall–Kier alpha value is -2.11. The molecule has 0 aliphatic carbocycles. The number of benzene rings is 1. The van der Waals surface area contributed by atoms with E-state index < -0.39 is 5.60 Å². The zero-order valence-corrected chi connectivity index (χ0v) is 14.9. The van der Waals surface area contributed by atoms with Gasteiger partial charge in [0.1, 0.15) is 5.69 Å². The lowest BCUT2D eigenvalue weighted by molar-refractivity contribution is -0.0767. The maximum absolute atomic E-state index is 13.2. The number of carbonyl (C=O) groups is 1. The molecule has 2 N–H and O–H groups in total. The highest BCUT2D eigenvalue weighted by atomic mass is 16.5. The third-order valence-corrected chi connectivity index (χ3v) is 4.78. The largest absolute Gasteiger partial charge is 0.388 e. The summed E-state index contributed by atoms with van der Waals surface area (Å²) in [6.45, 7) is 5.72. The Morgan fingerprint density at radius 3 is 2.52 bits per heavy atom. The van der Waals surface area contributed by atoms with Crippen LogP contribution in [0.2, 0.25) is 0 Å². The van der Waals surface area contributed by atoms with Crippen molar-refractivity contribution in [1.82, 2.24) is 9.88 Å². The Morgan fingerprint density at radius 2 is 1.92 bits per heavy atom. The lowest BCUT2D eigenvalue weighted by atomic mass is 9.93. The first kappa shape index (κ1) is 17.7. The van der Waals surface area contributed by atoms with Crippen molar-refractivity contribution in [2.45, 2.75) is 38.8 Å². The van der Waals surface area contributed by atoms with Crippen LogP contribution in [0.25, 0.3) is 0 Å². The third kappa shape index (κ3) is 4.30. The fourth-order valence-corrected chi connectivity index (χ4v) is 3.38. The standard InChI is InChI=1S/C20H26N2O3/c1-15-12-16(2)21-18(15)19(23)22(13-17-6-4-3-5-7-17)14-20(24)8-10-25-11-9-20/h3-7,12,21,24H,8-11,13-14H2,1-2H3. The number of hydrogen-bond acceptors (Lipinski definition) is 3. The van der Waals surface area contributed by atoms with Crippen molar-refractivity contribution in [3.05, 3.63) is 58.9 Å². The molecule has 5 nitrogen and oxygen atoms in total. The second kappa shape index (κ2) is 7.42. The number of amides is 1. The Labute approximate surface area is 148 Å². The van der Waals surface area contributed by atoms with Gasteiger partial charge in [-0.1, -0.05) is 30.3 Å². The van der Waals surface area contributed by atoms with Gasteiger partial charge in [0.05, 0.1) is 12.1 Å². The monoisotopic (exact) mass is 342 g/mol. The van der Waals surface area contributed by atoms with Crippen LogP contribution >= 0.6 is 0 Å². The van der Waals surface area contributed by atoms with Crippen molar-refractivity contribution in [2.75, 3.05) is 19.8 Å². The molecule has 2 aromatic rings. The third-order valence-electron chi connectivity index (χ3n) is 4.78. The number of carbonyl (C=O) groups excluding carboxylic acids is 1. The van der Waals surface area contributed by atoms with Crippen LogP contribution in [0.5, 0.6) is 0 Å². The zero-order chi connectivity index (χ0) is 17.9. The van der Waals surface area contributed by atoms with E-state index in [2.05, 4.69) is 4.98 Å². The molecule has 1 aliphatic rings. The van der Waals surface area contributed by atoms with E-state index in [1.807, 2.05) is 50.2 Å². The van der Waals surface area contributed by atoms with Crippen LogP contribution in [0, 0.1) is 13.8 Å². The van der Waals surface area contributed by atoms with E-state index in [0.29, 0.717) is 44.8 Å². The normalized spacial score (nSPS) is 16.6. The number of hydrogen-bond donors (Lipinski definition) is 2. The molecule has 0 radical (unpaired) electrons. The summed E-state index contributed by atoms with van der Waals surface area (Å²) >= 11 is 0. The number of aromatic amines is 1. The molecule has 1 aromatic carbocycles. The number of aliphatic hydroxyl groups is 1. The summed E-state index contributed by atoms with van der Waals surface area (Å²) in [5.41, 5.74) is 2.65. The highest BCUT2D eigenvalue weighted by Crippen LogP contribution is 2.24. The van der Waals surface area contributed by atoms with E-state index in [1.165, 1.54) is 0 Å². The van der Waals surface area contributed by atoms with Gasteiger partial charge in [0.25, 0.3) is 5.91 Å². The molecule has 0 spiro atoms. The molecule has 5 heteroatoms. The van der Waals surface area contributed by atoms with Gasteiger partial charge in [-0.3, -0.25) is 4.79 Å². The van der Waals surface area contributed by atoms with E-state index in [0.717, 1.165) is 16.8 Å². The van der Waals surface area contributed by atoms with Crippen molar-refractivity contribution in [3.8, 4) is 0 Å². The van der Waals surface area contributed by atoms with Crippen LogP contribution in [0.15, 0.2) is 36.4 Å². The fourth-order valence-electron chi connectivity index (χ4n) is 3.38. The summed E-state index contributed by atoms with van der Waals surface area (Å²) in [6.07, 6.45) is 1.10. The quantitative estimate of drug-likeness (QED) is 0.878. The van der Waals surface area contributed by atoms with Gasteiger partial charge in [-0.15, -0.1) is 0 Å². The summed E-state index contributed by atoms with van der Waals surface area (Å²) in [5, 5.41) is 10.9. The van der Waals surface area contributed by atoms with Gasteiger partial charge in [-0.25, -0.2) is 0 Å². The van der Waals surface area contributed by atoms with Gasteiger partial charge in [-0.05, 0) is 31.0 Å². The number of ether oxygens (including phenoxy) is 1. The highest BCUT2D eigenvalue weighted by Gasteiger charge is 2.34. The molecule has 1 aliphatic heterocycles. The first-order valence-corrected chi connectivity index (χ1v) is 8.76. The molecule has 3 rings (SSSR count). The zero-order valence-electron chi connectivity index (χ0n) is 14.9. The Morgan fingerprint density at radius 1 is 1.24 bits per heavy atom. The SMILES string of the molecule is Cc1cc(C)c(C(=O)N(Cc2ccccc2)CC2(O)CCOCC2)[nH]1. The topological polar surface area (TPSA) is 65.6 Å². The first-order valence-electron chi connectivity index (χ1n) is 8.76. The molecule has 0 unspecified atom stereocenters. The minimum atomic E-state index is -0.891. The molecule has 0 atom stereocenters. The van der Waals surface area contributed by atoms with Crippen molar-refractivity contribution >= 4 is 5.91 Å². The molecule has 1 aromatic heterocycles. The summed E-state index contributed by atoms with van der Waals surface area (Å²) in [5.74, 6) is -0.0747. The van der Waals surface area contributed by atoms with Gasteiger partial charge >= 0.3 is 0 Å². The average molecular weight is 342 g/mol. The predicted molar refractivity (Wildman–Crippen MR) is 96.5 cm³/mol. The van der Waals surface area contributed by atoms with Crippen LogP contribution in [0.4, 0.5) is 0 Å². The highest BCUT2D eigenvalue weighted by molar-refractivity contribution is 5.94. The second-order valence-electron chi connectivity index (χ2n) is 6.99. The molecule has 0 bridgehead atoms. The molecule has 1 saturated heterocycles. The van der Waals surface area contributed by atoms with Gasteiger partial charge in [0, 0.05) is 38.3 Å². The van der Waals surface area contributed by atoms with Crippen molar-refractivity contribution in [2.24, 2.45) is 0 Å². The average Bonchev–Trinajstić information content (AvgIpc) is 2.93. The number of aromatic nitrogens is 1. The van der Waals surface area contributed by atoms with Crippen LogP contribution in [-0.4, -0.2) is 46.3 Å². The van der Waals surface area contributed by atoms with Crippen LogP contribution in [-0.2, 0) is 11.3 Å². The number of nitrogens with one attached hydrogen (secondary N) is 1. The molecule has 25 heavy (non-hydrogen) atoms. The minimum Gasteiger partial charge on any atom is -0.388 e. The lowest BCUT2D eigenvalue weighted by Gasteiger charge is -2.37. The van der Waals surface area contributed by atoms with Crippen molar-refractivity contribution in [1.29, 1.82) is 0 Å². The van der Waals surface area contributed by atoms with E-state index in [9.17, 15) is 9.90 Å². The Balaban J connectivity index is 1.85. The number of rotatable bonds is 5. The molecule has 2 heterocycles. The van der Waals surface area contributed by atoms with Gasteiger partial charge in [0.15, 0.2) is 0 Å². The van der Waals surface area contributed by atoms with Crippen LogP contribution in [0.1, 0.15) is 40.2 Å². The second-order valence-corrected chi connectivity index (χ2v) is 6.99. The number of nitrogens with zero attached hydrogens (tertiary/aromatic N) is 1. The molecule has 1 amide bonds. The Kier molecular flexibility index (Phi) is 5.25. The van der Waals surface area contributed by atoms with E-state index in [1.54, 1.807) is 4.90 Å². The minimum absolute atomic E-state index is 0.0747.